The minimum Gasteiger partial charge on any atom is -0.466 e. The van der Waals surface area contributed by atoms with Crippen molar-refractivity contribution in [2.75, 3.05) is 0 Å². The van der Waals surface area contributed by atoms with Crippen LogP contribution in [0.25, 0.3) is 11.3 Å². The molecule has 4 heteroatoms. The van der Waals surface area contributed by atoms with Crippen molar-refractivity contribution in [2.45, 2.75) is 33.7 Å². The summed E-state index contributed by atoms with van der Waals surface area (Å²) in [6.07, 6.45) is 3.62. The van der Waals surface area contributed by atoms with E-state index in [-0.39, 0.29) is 0 Å². The van der Waals surface area contributed by atoms with Gasteiger partial charge in [-0.3, -0.25) is 9.48 Å². The molecule has 90 valence electrons. The second kappa shape index (κ2) is 4.57. The first kappa shape index (κ1) is 11.6. The summed E-state index contributed by atoms with van der Waals surface area (Å²) in [4.78, 5) is 11.1. The molecule has 0 spiro atoms. The summed E-state index contributed by atoms with van der Waals surface area (Å²) in [5.41, 5.74) is 2.23. The number of carbonyl (C=O) groups excluding carboxylic acids is 1. The maximum absolute atomic E-state index is 11.1. The van der Waals surface area contributed by atoms with Gasteiger partial charge in [0, 0.05) is 18.3 Å². The van der Waals surface area contributed by atoms with Crippen molar-refractivity contribution in [2.24, 2.45) is 0 Å². The Morgan fingerprint density at radius 3 is 2.76 bits per heavy atom. The van der Waals surface area contributed by atoms with Crippen LogP contribution in [0.4, 0.5) is 0 Å². The van der Waals surface area contributed by atoms with Gasteiger partial charge in [0.25, 0.3) is 0 Å². The van der Waals surface area contributed by atoms with E-state index >= 15 is 0 Å². The number of furan rings is 1. The molecule has 0 saturated carbocycles. The number of hydrogen-bond acceptors (Lipinski definition) is 3. The van der Waals surface area contributed by atoms with Gasteiger partial charge < -0.3 is 4.42 Å². The molecule has 0 N–H and O–H groups in total. The highest BCUT2D eigenvalue weighted by Gasteiger charge is 2.15. The lowest BCUT2D eigenvalue weighted by Gasteiger charge is -1.96. The third-order valence-corrected chi connectivity index (χ3v) is 2.67. The van der Waals surface area contributed by atoms with E-state index in [1.807, 2.05) is 19.9 Å². The highest BCUT2D eigenvalue weighted by molar-refractivity contribution is 5.85. The van der Waals surface area contributed by atoms with Gasteiger partial charge >= 0.3 is 0 Å². The third kappa shape index (κ3) is 2.16. The summed E-state index contributed by atoms with van der Waals surface area (Å²) in [5.74, 6) is 1.63. The fraction of sp³-hybridized carbons (Fsp3) is 0.385. The van der Waals surface area contributed by atoms with Gasteiger partial charge in [0.15, 0.2) is 6.29 Å². The summed E-state index contributed by atoms with van der Waals surface area (Å²) in [5, 5.41) is 4.44. The van der Waals surface area contributed by atoms with Crippen molar-refractivity contribution in [3.05, 3.63) is 29.3 Å². The molecule has 0 aromatic carbocycles. The second-order valence-electron chi connectivity index (χ2n) is 4.14. The summed E-state index contributed by atoms with van der Waals surface area (Å²) in [6, 6.07) is 1.92. The average molecular weight is 232 g/mol. The van der Waals surface area contributed by atoms with Crippen molar-refractivity contribution in [3.63, 3.8) is 0 Å². The minimum absolute atomic E-state index is 0.613. The molecule has 0 bridgehead atoms. The Morgan fingerprint density at radius 2 is 2.24 bits per heavy atom. The predicted octanol–water partition coefficient (Wildman–Crippen LogP) is 2.98. The summed E-state index contributed by atoms with van der Waals surface area (Å²) < 4.78 is 7.28. The van der Waals surface area contributed by atoms with Crippen LogP contribution in [0.1, 0.15) is 35.2 Å². The molecule has 0 aliphatic rings. The van der Waals surface area contributed by atoms with E-state index in [2.05, 4.69) is 12.0 Å². The lowest BCUT2D eigenvalue weighted by molar-refractivity contribution is 0.112. The van der Waals surface area contributed by atoms with E-state index in [0.717, 1.165) is 36.3 Å². The fourth-order valence-corrected chi connectivity index (χ4v) is 1.94. The zero-order valence-corrected chi connectivity index (χ0v) is 10.4. The van der Waals surface area contributed by atoms with Crippen molar-refractivity contribution in [3.8, 4) is 11.3 Å². The topological polar surface area (TPSA) is 48.0 Å². The van der Waals surface area contributed by atoms with Crippen molar-refractivity contribution < 1.29 is 9.21 Å². The van der Waals surface area contributed by atoms with Crippen molar-refractivity contribution in [1.82, 2.24) is 9.78 Å². The Balaban J connectivity index is 2.50. The molecule has 2 aromatic heterocycles. The van der Waals surface area contributed by atoms with Gasteiger partial charge in [-0.1, -0.05) is 6.92 Å². The smallest absolute Gasteiger partial charge is 0.153 e. The average Bonchev–Trinajstić information content (AvgIpc) is 2.82. The van der Waals surface area contributed by atoms with Crippen LogP contribution in [0.5, 0.6) is 0 Å². The molecule has 0 aliphatic carbocycles. The van der Waals surface area contributed by atoms with E-state index in [1.54, 1.807) is 10.9 Å². The Bertz CT molecular complexity index is 538. The second-order valence-corrected chi connectivity index (χ2v) is 4.14. The van der Waals surface area contributed by atoms with Gasteiger partial charge in [-0.05, 0) is 26.3 Å². The number of nitrogens with zero attached hydrogens (tertiary/aromatic N) is 2. The first-order valence-electron chi connectivity index (χ1n) is 5.75. The van der Waals surface area contributed by atoms with Crippen LogP contribution in [0.15, 0.2) is 16.7 Å². The van der Waals surface area contributed by atoms with E-state index in [9.17, 15) is 4.79 Å². The largest absolute Gasteiger partial charge is 0.466 e. The standard InChI is InChI=1S/C13H16N2O2/c1-4-5-15-7-11(8-16)13(14-15)12-6-9(2)17-10(12)3/h6-8H,4-5H2,1-3H3. The molecule has 2 rings (SSSR count). The molecule has 0 saturated heterocycles. The number of aromatic nitrogens is 2. The molecule has 17 heavy (non-hydrogen) atoms. The minimum atomic E-state index is 0.613. The molecule has 0 atom stereocenters. The van der Waals surface area contributed by atoms with Crippen LogP contribution in [0.2, 0.25) is 0 Å². The van der Waals surface area contributed by atoms with Gasteiger partial charge in [0.2, 0.25) is 0 Å². The van der Waals surface area contributed by atoms with Crippen LogP contribution in [-0.4, -0.2) is 16.1 Å². The molecular weight excluding hydrogens is 216 g/mol. The van der Waals surface area contributed by atoms with E-state index < -0.39 is 0 Å². The molecule has 0 unspecified atom stereocenters. The number of carbonyl (C=O) groups is 1. The molecule has 0 aliphatic heterocycles. The molecular formula is C13H16N2O2. The first-order valence-corrected chi connectivity index (χ1v) is 5.75. The molecule has 2 heterocycles. The Labute approximate surface area is 100 Å². The molecule has 4 nitrogen and oxygen atoms in total. The van der Waals surface area contributed by atoms with Crippen LogP contribution < -0.4 is 0 Å². The van der Waals surface area contributed by atoms with Crippen molar-refractivity contribution >= 4 is 6.29 Å². The number of aldehydes is 1. The van der Waals surface area contributed by atoms with Crippen LogP contribution >= 0.6 is 0 Å². The van der Waals surface area contributed by atoms with Gasteiger partial charge in [-0.15, -0.1) is 0 Å². The number of aryl methyl sites for hydroxylation is 3. The first-order chi connectivity index (χ1) is 8.15. The zero-order chi connectivity index (χ0) is 12.4. The maximum Gasteiger partial charge on any atom is 0.153 e. The Hall–Kier alpha value is -1.84. The quantitative estimate of drug-likeness (QED) is 0.761. The van der Waals surface area contributed by atoms with E-state index in [0.29, 0.717) is 11.3 Å². The molecule has 2 aromatic rings. The lowest BCUT2D eigenvalue weighted by Crippen LogP contribution is -1.96. The molecule has 0 amide bonds. The summed E-state index contributed by atoms with van der Waals surface area (Å²) in [6.45, 7) is 6.67. The predicted molar refractivity (Wildman–Crippen MR) is 65.1 cm³/mol. The fourth-order valence-electron chi connectivity index (χ4n) is 1.94. The van der Waals surface area contributed by atoms with Crippen molar-refractivity contribution in [1.29, 1.82) is 0 Å². The molecule has 0 fully saturated rings. The molecule has 0 radical (unpaired) electrons. The Morgan fingerprint density at radius 1 is 1.47 bits per heavy atom. The van der Waals surface area contributed by atoms with Crippen LogP contribution in [0.3, 0.4) is 0 Å². The maximum atomic E-state index is 11.1. The zero-order valence-electron chi connectivity index (χ0n) is 10.4. The number of hydrogen-bond donors (Lipinski definition) is 0. The normalized spacial score (nSPS) is 10.8. The highest BCUT2D eigenvalue weighted by Crippen LogP contribution is 2.27. The summed E-state index contributed by atoms with van der Waals surface area (Å²) >= 11 is 0. The van der Waals surface area contributed by atoms with E-state index in [1.165, 1.54) is 0 Å². The van der Waals surface area contributed by atoms with Gasteiger partial charge in [-0.2, -0.15) is 5.10 Å². The Kier molecular flexibility index (Phi) is 3.13. The van der Waals surface area contributed by atoms with Crippen LogP contribution in [0, 0.1) is 13.8 Å². The highest BCUT2D eigenvalue weighted by atomic mass is 16.3. The third-order valence-electron chi connectivity index (χ3n) is 2.67. The number of rotatable bonds is 4. The van der Waals surface area contributed by atoms with Gasteiger partial charge in [0.1, 0.15) is 17.2 Å². The SMILES string of the molecule is CCCn1cc(C=O)c(-c2cc(C)oc2C)n1. The lowest BCUT2D eigenvalue weighted by atomic mass is 10.1. The van der Waals surface area contributed by atoms with Crippen LogP contribution in [-0.2, 0) is 6.54 Å². The van der Waals surface area contributed by atoms with E-state index in [4.69, 9.17) is 4.42 Å². The van der Waals surface area contributed by atoms with Gasteiger partial charge in [-0.25, -0.2) is 0 Å². The monoisotopic (exact) mass is 232 g/mol. The van der Waals surface area contributed by atoms with Gasteiger partial charge in [0.05, 0.1) is 5.56 Å². The summed E-state index contributed by atoms with van der Waals surface area (Å²) in [7, 11) is 0.